The van der Waals surface area contributed by atoms with Gasteiger partial charge in [-0.2, -0.15) is 0 Å². The lowest BCUT2D eigenvalue weighted by Gasteiger charge is -2.46. The van der Waals surface area contributed by atoms with Crippen LogP contribution in [0.25, 0.3) is 0 Å². The maximum absolute atomic E-state index is 13.9. The van der Waals surface area contributed by atoms with Crippen LogP contribution in [0.15, 0.2) is 30.7 Å². The molecule has 224 valence electrons. The lowest BCUT2D eigenvalue weighted by Crippen LogP contribution is -2.56. The molecule has 9 nitrogen and oxygen atoms in total. The Hall–Kier alpha value is -2.78. The van der Waals surface area contributed by atoms with E-state index in [-0.39, 0.29) is 24.2 Å². The fourth-order valence-electron chi connectivity index (χ4n) is 6.30. The minimum absolute atomic E-state index is 0.128. The molecule has 2 fully saturated rings. The summed E-state index contributed by atoms with van der Waals surface area (Å²) in [6, 6.07) is 3.98. The van der Waals surface area contributed by atoms with Crippen LogP contribution in [0.5, 0.6) is 0 Å². The molecule has 1 aliphatic carbocycles. The standard InChI is InChI=1S/C30H41Cl2N5O4/c1-3-41-28(39)30(22-7-5-4-6-8-22)12-15-37(16-13-30)27(38)26(18-21-9-10-24(31)25(32)17-21)35-29(40)34-14-11-23-19-33-20-36(23)2/h9-10,17,19-20,22,26H,3-8,11-16,18H2,1-2H3,(H2,34,35,40). The number of rotatable bonds is 10. The Morgan fingerprint density at radius 1 is 1.12 bits per heavy atom. The number of nitrogens with zero attached hydrogens (tertiary/aromatic N) is 3. The fraction of sp³-hybridized carbons (Fsp3) is 0.600. The zero-order chi connectivity index (χ0) is 29.4. The number of benzene rings is 1. The highest BCUT2D eigenvalue weighted by atomic mass is 35.5. The van der Waals surface area contributed by atoms with Crippen LogP contribution in [0.4, 0.5) is 4.79 Å². The lowest BCUT2D eigenvalue weighted by atomic mass is 9.63. The molecular weight excluding hydrogens is 565 g/mol. The highest BCUT2D eigenvalue weighted by molar-refractivity contribution is 6.42. The average Bonchev–Trinajstić information content (AvgIpc) is 3.39. The normalized spacial score (nSPS) is 18.0. The Kier molecular flexibility index (Phi) is 10.9. The van der Waals surface area contributed by atoms with Crippen LogP contribution >= 0.6 is 23.2 Å². The monoisotopic (exact) mass is 605 g/mol. The largest absolute Gasteiger partial charge is 0.466 e. The van der Waals surface area contributed by atoms with E-state index in [0.717, 1.165) is 36.9 Å². The quantitative estimate of drug-likeness (QED) is 0.373. The van der Waals surface area contributed by atoms with Crippen molar-refractivity contribution in [3.05, 3.63) is 52.0 Å². The second kappa shape index (κ2) is 14.4. The van der Waals surface area contributed by atoms with E-state index in [1.54, 1.807) is 29.6 Å². The van der Waals surface area contributed by atoms with Gasteiger partial charge in [0, 0.05) is 51.4 Å². The summed E-state index contributed by atoms with van der Waals surface area (Å²) in [5.41, 5.74) is 1.22. The maximum atomic E-state index is 13.9. The first-order chi connectivity index (χ1) is 19.7. The number of hydrogen-bond donors (Lipinski definition) is 2. The van der Waals surface area contributed by atoms with E-state index in [0.29, 0.717) is 55.5 Å². The molecule has 1 saturated carbocycles. The maximum Gasteiger partial charge on any atom is 0.315 e. The Morgan fingerprint density at radius 2 is 1.85 bits per heavy atom. The van der Waals surface area contributed by atoms with Gasteiger partial charge < -0.3 is 24.8 Å². The molecule has 2 aliphatic rings. The summed E-state index contributed by atoms with van der Waals surface area (Å²) in [5, 5.41) is 6.56. The molecule has 4 rings (SSSR count). The molecular formula is C30H41Cl2N5O4. The SMILES string of the molecule is CCOC(=O)C1(C2CCCCC2)CCN(C(=O)C(Cc2ccc(Cl)c(Cl)c2)NC(=O)NCCc2cncn2C)CC1. The molecule has 1 atom stereocenters. The molecule has 3 amide bonds. The van der Waals surface area contributed by atoms with E-state index < -0.39 is 17.5 Å². The van der Waals surface area contributed by atoms with Crippen molar-refractivity contribution in [2.75, 3.05) is 26.2 Å². The first-order valence-electron chi connectivity index (χ1n) is 14.6. The number of nitrogens with one attached hydrogen (secondary N) is 2. The average molecular weight is 607 g/mol. The van der Waals surface area contributed by atoms with Crippen LogP contribution < -0.4 is 10.6 Å². The third kappa shape index (κ3) is 7.74. The summed E-state index contributed by atoms with van der Waals surface area (Å²) >= 11 is 12.3. The zero-order valence-corrected chi connectivity index (χ0v) is 25.5. The van der Waals surface area contributed by atoms with Crippen LogP contribution in [0.3, 0.4) is 0 Å². The third-order valence-electron chi connectivity index (χ3n) is 8.65. The Labute approximate surface area is 252 Å². The molecule has 2 N–H and O–H groups in total. The molecule has 1 aromatic carbocycles. The zero-order valence-electron chi connectivity index (χ0n) is 24.0. The molecule has 0 radical (unpaired) electrons. The molecule has 0 bridgehead atoms. The highest BCUT2D eigenvalue weighted by Crippen LogP contribution is 2.47. The first kappa shape index (κ1) is 31.2. The summed E-state index contributed by atoms with van der Waals surface area (Å²) in [6.45, 7) is 3.46. The van der Waals surface area contributed by atoms with E-state index in [4.69, 9.17) is 27.9 Å². The van der Waals surface area contributed by atoms with Gasteiger partial charge in [0.05, 0.1) is 28.4 Å². The first-order valence-corrected chi connectivity index (χ1v) is 15.4. The van der Waals surface area contributed by atoms with E-state index in [1.807, 2.05) is 24.6 Å². The summed E-state index contributed by atoms with van der Waals surface area (Å²) in [6.07, 6.45) is 11.0. The highest BCUT2D eigenvalue weighted by Gasteiger charge is 2.49. The molecule has 1 unspecified atom stereocenters. The molecule has 11 heteroatoms. The van der Waals surface area contributed by atoms with Gasteiger partial charge in [0.1, 0.15) is 6.04 Å². The van der Waals surface area contributed by atoms with Crippen LogP contribution in [0, 0.1) is 11.3 Å². The molecule has 1 aliphatic heterocycles. The number of halogens is 2. The van der Waals surface area contributed by atoms with Crippen molar-refractivity contribution >= 4 is 41.1 Å². The Morgan fingerprint density at radius 3 is 2.49 bits per heavy atom. The minimum atomic E-state index is -0.811. The summed E-state index contributed by atoms with van der Waals surface area (Å²) < 4.78 is 7.47. The summed E-state index contributed by atoms with van der Waals surface area (Å²) in [4.78, 5) is 45.9. The Bertz CT molecular complexity index is 1210. The van der Waals surface area contributed by atoms with Crippen LogP contribution in [-0.2, 0) is 34.2 Å². The number of urea groups is 1. The van der Waals surface area contributed by atoms with Gasteiger partial charge >= 0.3 is 12.0 Å². The molecule has 2 heterocycles. The number of aromatic nitrogens is 2. The van der Waals surface area contributed by atoms with Gasteiger partial charge in [-0.05, 0) is 56.2 Å². The van der Waals surface area contributed by atoms with Crippen molar-refractivity contribution in [1.82, 2.24) is 25.1 Å². The van der Waals surface area contributed by atoms with Gasteiger partial charge in [0.2, 0.25) is 5.91 Å². The van der Waals surface area contributed by atoms with E-state index in [9.17, 15) is 14.4 Å². The molecule has 1 aromatic heterocycles. The minimum Gasteiger partial charge on any atom is -0.466 e. The molecule has 41 heavy (non-hydrogen) atoms. The smallest absolute Gasteiger partial charge is 0.315 e. The van der Waals surface area contributed by atoms with Gasteiger partial charge in [-0.15, -0.1) is 0 Å². The van der Waals surface area contributed by atoms with Crippen molar-refractivity contribution in [1.29, 1.82) is 0 Å². The lowest BCUT2D eigenvalue weighted by molar-refractivity contribution is -0.166. The van der Waals surface area contributed by atoms with Gasteiger partial charge in [-0.25, -0.2) is 9.78 Å². The molecule has 1 saturated heterocycles. The molecule has 2 aromatic rings. The molecule has 0 spiro atoms. The van der Waals surface area contributed by atoms with E-state index in [1.165, 1.54) is 6.42 Å². The van der Waals surface area contributed by atoms with E-state index in [2.05, 4.69) is 15.6 Å². The second-order valence-corrected chi connectivity index (χ2v) is 12.0. The third-order valence-corrected chi connectivity index (χ3v) is 9.39. The fourth-order valence-corrected chi connectivity index (χ4v) is 6.62. The number of carbonyl (C=O) groups excluding carboxylic acids is 3. The van der Waals surface area contributed by atoms with Crippen molar-refractivity contribution in [2.45, 2.75) is 70.8 Å². The summed E-state index contributed by atoms with van der Waals surface area (Å²) in [5.74, 6) is -0.0286. The number of aryl methyl sites for hydroxylation is 1. The van der Waals surface area contributed by atoms with Gasteiger partial charge in [-0.1, -0.05) is 48.5 Å². The Balaban J connectivity index is 1.45. The number of hydrogen-bond acceptors (Lipinski definition) is 5. The number of amides is 3. The second-order valence-electron chi connectivity index (χ2n) is 11.2. The predicted octanol–water partition coefficient (Wildman–Crippen LogP) is 4.93. The number of carbonyl (C=O) groups is 3. The topological polar surface area (TPSA) is 106 Å². The van der Waals surface area contributed by atoms with Crippen LogP contribution in [0.1, 0.15) is 63.1 Å². The van der Waals surface area contributed by atoms with Crippen molar-refractivity contribution in [2.24, 2.45) is 18.4 Å². The van der Waals surface area contributed by atoms with Gasteiger partial charge in [0.25, 0.3) is 0 Å². The van der Waals surface area contributed by atoms with Gasteiger partial charge in [0.15, 0.2) is 0 Å². The number of esters is 1. The van der Waals surface area contributed by atoms with Crippen LogP contribution in [-0.4, -0.2) is 64.6 Å². The number of likely N-dealkylation sites (tertiary alicyclic amines) is 1. The summed E-state index contributed by atoms with van der Waals surface area (Å²) in [7, 11) is 1.90. The number of imidazole rings is 1. The number of piperidine rings is 1. The van der Waals surface area contributed by atoms with Crippen LogP contribution in [0.2, 0.25) is 10.0 Å². The van der Waals surface area contributed by atoms with E-state index >= 15 is 0 Å². The van der Waals surface area contributed by atoms with Crippen molar-refractivity contribution in [3.8, 4) is 0 Å². The van der Waals surface area contributed by atoms with Crippen molar-refractivity contribution < 1.29 is 19.1 Å². The van der Waals surface area contributed by atoms with Gasteiger partial charge in [-0.3, -0.25) is 9.59 Å². The van der Waals surface area contributed by atoms with Crippen molar-refractivity contribution in [3.63, 3.8) is 0 Å². The number of ether oxygens (including phenoxy) is 1. The predicted molar refractivity (Wildman–Crippen MR) is 159 cm³/mol.